The molecule has 1 rings (SSSR count). The van der Waals surface area contributed by atoms with Crippen molar-refractivity contribution in [2.75, 3.05) is 7.11 Å². The van der Waals surface area contributed by atoms with Crippen LogP contribution in [0.5, 0.6) is 5.75 Å². The summed E-state index contributed by atoms with van der Waals surface area (Å²) < 4.78 is 5.23. The van der Waals surface area contributed by atoms with Gasteiger partial charge in [0.25, 0.3) is 0 Å². The van der Waals surface area contributed by atoms with Crippen molar-refractivity contribution in [1.82, 2.24) is 0 Å². The highest BCUT2D eigenvalue weighted by atomic mass is 35.5. The summed E-state index contributed by atoms with van der Waals surface area (Å²) in [7, 11) is 1.62. The van der Waals surface area contributed by atoms with Crippen molar-refractivity contribution in [2.24, 2.45) is 5.92 Å². The second-order valence-electron chi connectivity index (χ2n) is 3.50. The van der Waals surface area contributed by atoms with Gasteiger partial charge in [-0.05, 0) is 18.1 Å². The minimum Gasteiger partial charge on any atom is -0.496 e. The first-order chi connectivity index (χ1) is 6.57. The van der Waals surface area contributed by atoms with Gasteiger partial charge in [-0.25, -0.2) is 0 Å². The van der Waals surface area contributed by atoms with Gasteiger partial charge in [0.15, 0.2) is 0 Å². The van der Waals surface area contributed by atoms with Gasteiger partial charge < -0.3 is 4.74 Å². The third-order valence-electron chi connectivity index (χ3n) is 2.09. The molecule has 0 bridgehead atoms. The normalized spacial score (nSPS) is 13.0. The summed E-state index contributed by atoms with van der Waals surface area (Å²) in [6.45, 7) is 4.11. The van der Waals surface area contributed by atoms with Crippen LogP contribution in [0.2, 0.25) is 5.02 Å². The average Bonchev–Trinajstić information content (AvgIpc) is 2.16. The molecular formula is C11H14Cl2O. The highest BCUT2D eigenvalue weighted by Crippen LogP contribution is 2.39. The van der Waals surface area contributed by atoms with Crippen molar-refractivity contribution in [2.45, 2.75) is 19.2 Å². The molecule has 1 aromatic carbocycles. The van der Waals surface area contributed by atoms with E-state index in [1.54, 1.807) is 7.11 Å². The van der Waals surface area contributed by atoms with E-state index >= 15 is 0 Å². The van der Waals surface area contributed by atoms with Crippen LogP contribution in [0.15, 0.2) is 18.2 Å². The van der Waals surface area contributed by atoms with Crippen molar-refractivity contribution < 1.29 is 4.74 Å². The van der Waals surface area contributed by atoms with Gasteiger partial charge >= 0.3 is 0 Å². The molecule has 0 heterocycles. The van der Waals surface area contributed by atoms with Crippen LogP contribution in [0.4, 0.5) is 0 Å². The van der Waals surface area contributed by atoms with E-state index in [0.29, 0.717) is 10.9 Å². The smallest absolute Gasteiger partial charge is 0.125 e. The number of alkyl halides is 1. The zero-order chi connectivity index (χ0) is 10.7. The van der Waals surface area contributed by atoms with Gasteiger partial charge in [-0.3, -0.25) is 0 Å². The summed E-state index contributed by atoms with van der Waals surface area (Å²) in [6.07, 6.45) is 0. The molecule has 0 saturated carbocycles. The lowest BCUT2D eigenvalue weighted by Crippen LogP contribution is -2.02. The maximum Gasteiger partial charge on any atom is 0.125 e. The molecule has 0 aromatic heterocycles. The Labute approximate surface area is 95.0 Å². The lowest BCUT2D eigenvalue weighted by atomic mass is 10.0. The van der Waals surface area contributed by atoms with E-state index in [4.69, 9.17) is 27.9 Å². The molecule has 1 nitrogen and oxygen atoms in total. The van der Waals surface area contributed by atoms with Gasteiger partial charge in [-0.1, -0.05) is 31.5 Å². The molecule has 0 N–H and O–H groups in total. The van der Waals surface area contributed by atoms with Gasteiger partial charge in [0.1, 0.15) is 5.75 Å². The summed E-state index contributed by atoms with van der Waals surface area (Å²) in [5.41, 5.74) is 0.883. The molecule has 78 valence electrons. The zero-order valence-electron chi connectivity index (χ0n) is 8.55. The molecule has 14 heavy (non-hydrogen) atoms. The summed E-state index contributed by atoms with van der Waals surface area (Å²) in [6, 6.07) is 5.56. The third-order valence-corrected chi connectivity index (χ3v) is 3.15. The molecule has 3 heteroatoms. The maximum absolute atomic E-state index is 6.27. The summed E-state index contributed by atoms with van der Waals surface area (Å²) in [5, 5.41) is 0.552. The molecular weight excluding hydrogens is 219 g/mol. The highest BCUT2D eigenvalue weighted by molar-refractivity contribution is 6.33. The fourth-order valence-corrected chi connectivity index (χ4v) is 1.86. The van der Waals surface area contributed by atoms with Crippen molar-refractivity contribution in [3.8, 4) is 5.75 Å². The lowest BCUT2D eigenvalue weighted by molar-refractivity contribution is 0.405. The van der Waals surface area contributed by atoms with Crippen LogP contribution in [-0.2, 0) is 0 Å². The van der Waals surface area contributed by atoms with Crippen LogP contribution in [0.1, 0.15) is 24.8 Å². The van der Waals surface area contributed by atoms with E-state index < -0.39 is 0 Å². The summed E-state index contributed by atoms with van der Waals surface area (Å²) in [4.78, 5) is 0. The number of rotatable bonds is 3. The minimum atomic E-state index is -0.112. The predicted octanol–water partition coefficient (Wildman–Crippen LogP) is 4.28. The Hall–Kier alpha value is -0.400. The average molecular weight is 233 g/mol. The van der Waals surface area contributed by atoms with Crippen LogP contribution in [0.25, 0.3) is 0 Å². The van der Waals surface area contributed by atoms with Crippen LogP contribution in [0.3, 0.4) is 0 Å². The van der Waals surface area contributed by atoms with Crippen molar-refractivity contribution in [1.29, 1.82) is 0 Å². The molecule has 1 aromatic rings. The first-order valence-electron chi connectivity index (χ1n) is 4.54. The quantitative estimate of drug-likeness (QED) is 0.708. The van der Waals surface area contributed by atoms with E-state index in [0.717, 1.165) is 11.3 Å². The maximum atomic E-state index is 6.27. The molecule has 0 spiro atoms. The number of ether oxygens (including phenoxy) is 1. The predicted molar refractivity (Wildman–Crippen MR) is 61.4 cm³/mol. The molecule has 0 saturated heterocycles. The largest absolute Gasteiger partial charge is 0.496 e. The fraction of sp³-hybridized carbons (Fsp3) is 0.455. The molecule has 1 unspecified atom stereocenters. The number of hydrogen-bond acceptors (Lipinski definition) is 1. The fourth-order valence-electron chi connectivity index (χ4n) is 1.30. The Balaban J connectivity index is 3.16. The van der Waals surface area contributed by atoms with Gasteiger partial charge in [0, 0.05) is 10.6 Å². The van der Waals surface area contributed by atoms with Gasteiger partial charge in [0.2, 0.25) is 0 Å². The molecule has 0 aliphatic rings. The van der Waals surface area contributed by atoms with E-state index in [1.807, 2.05) is 18.2 Å². The number of benzene rings is 1. The SMILES string of the molecule is COc1cccc(Cl)c1C(Cl)C(C)C. The van der Waals surface area contributed by atoms with E-state index in [1.165, 1.54) is 0 Å². The van der Waals surface area contributed by atoms with Crippen molar-refractivity contribution >= 4 is 23.2 Å². The summed E-state index contributed by atoms with van der Waals surface area (Å²) >= 11 is 12.3. The molecule has 0 aliphatic heterocycles. The Morgan fingerprint density at radius 1 is 1.29 bits per heavy atom. The van der Waals surface area contributed by atoms with Crippen molar-refractivity contribution in [3.63, 3.8) is 0 Å². The molecule has 0 amide bonds. The Bertz CT molecular complexity index is 310. The molecule has 0 fully saturated rings. The van der Waals surface area contributed by atoms with Crippen LogP contribution >= 0.6 is 23.2 Å². The molecule has 0 aliphatic carbocycles. The zero-order valence-corrected chi connectivity index (χ0v) is 10.1. The van der Waals surface area contributed by atoms with Gasteiger partial charge in [-0.2, -0.15) is 0 Å². The van der Waals surface area contributed by atoms with Crippen LogP contribution < -0.4 is 4.74 Å². The van der Waals surface area contributed by atoms with E-state index in [9.17, 15) is 0 Å². The molecule has 0 radical (unpaired) electrons. The second kappa shape index (κ2) is 4.90. The van der Waals surface area contributed by atoms with Gasteiger partial charge in [0.05, 0.1) is 12.5 Å². The summed E-state index contributed by atoms with van der Waals surface area (Å²) in [5.74, 6) is 1.08. The first kappa shape index (κ1) is 11.7. The van der Waals surface area contributed by atoms with Crippen LogP contribution in [-0.4, -0.2) is 7.11 Å². The Morgan fingerprint density at radius 2 is 1.93 bits per heavy atom. The third kappa shape index (κ3) is 2.34. The Kier molecular flexibility index (Phi) is 4.09. The Morgan fingerprint density at radius 3 is 2.43 bits per heavy atom. The van der Waals surface area contributed by atoms with Gasteiger partial charge in [-0.15, -0.1) is 11.6 Å². The first-order valence-corrected chi connectivity index (χ1v) is 5.35. The van der Waals surface area contributed by atoms with E-state index in [-0.39, 0.29) is 5.38 Å². The number of methoxy groups -OCH3 is 1. The molecule has 1 atom stereocenters. The van der Waals surface area contributed by atoms with Crippen LogP contribution in [0, 0.1) is 5.92 Å². The standard InChI is InChI=1S/C11H14Cl2O/c1-7(2)11(13)10-8(12)5-4-6-9(10)14-3/h4-7,11H,1-3H3. The monoisotopic (exact) mass is 232 g/mol. The number of hydrogen-bond donors (Lipinski definition) is 0. The minimum absolute atomic E-state index is 0.112. The highest BCUT2D eigenvalue weighted by Gasteiger charge is 2.19. The number of halogens is 2. The second-order valence-corrected chi connectivity index (χ2v) is 4.38. The van der Waals surface area contributed by atoms with Crippen molar-refractivity contribution in [3.05, 3.63) is 28.8 Å². The lowest BCUT2D eigenvalue weighted by Gasteiger charge is -2.18. The van der Waals surface area contributed by atoms with E-state index in [2.05, 4.69) is 13.8 Å². The topological polar surface area (TPSA) is 9.23 Å².